The van der Waals surface area contributed by atoms with Crippen LogP contribution in [0.2, 0.25) is 0 Å². The van der Waals surface area contributed by atoms with E-state index in [0.29, 0.717) is 17.9 Å². The van der Waals surface area contributed by atoms with Gasteiger partial charge in [0.05, 0.1) is 13.3 Å². The summed E-state index contributed by atoms with van der Waals surface area (Å²) < 4.78 is 6.99. The van der Waals surface area contributed by atoms with Crippen LogP contribution in [-0.2, 0) is 19.9 Å². The topological polar surface area (TPSA) is 93.6 Å². The molecule has 1 aliphatic heterocycles. The Morgan fingerprint density at radius 2 is 2.03 bits per heavy atom. The van der Waals surface area contributed by atoms with E-state index >= 15 is 0 Å². The van der Waals surface area contributed by atoms with Crippen molar-refractivity contribution in [1.29, 1.82) is 0 Å². The number of aromatic hydroxyl groups is 1. The van der Waals surface area contributed by atoms with E-state index in [4.69, 9.17) is 10.5 Å². The second-order valence-corrected chi connectivity index (χ2v) is 9.55. The average molecular weight is 471 g/mol. The minimum Gasteiger partial charge on any atom is -0.508 e. The summed E-state index contributed by atoms with van der Waals surface area (Å²) in [6, 6.07) is 13.2. The number of hydrogen-bond acceptors (Lipinski definition) is 6. The molecule has 1 fully saturated rings. The highest BCUT2D eigenvalue weighted by molar-refractivity contribution is 5.45. The molecule has 35 heavy (non-hydrogen) atoms. The molecule has 5 rings (SSSR count). The molecule has 1 atom stereocenters. The van der Waals surface area contributed by atoms with Crippen LogP contribution in [0.4, 0.5) is 5.95 Å². The Morgan fingerprint density at radius 1 is 1.23 bits per heavy atom. The number of ether oxygens (including phenoxy) is 1. The molecule has 1 saturated heterocycles. The SMILES string of the molecule is COc1ccc2c(c1)[C@@H](N)C1(CCN(c3ncc(C#CCc4cccc(O)c4)c(=O)n3C)CC1)C2. The van der Waals surface area contributed by atoms with Crippen LogP contribution in [-0.4, -0.2) is 34.9 Å². The fourth-order valence-electron chi connectivity index (χ4n) is 5.43. The van der Waals surface area contributed by atoms with Gasteiger partial charge < -0.3 is 20.5 Å². The van der Waals surface area contributed by atoms with Gasteiger partial charge in [0.2, 0.25) is 5.95 Å². The molecule has 7 heteroatoms. The van der Waals surface area contributed by atoms with E-state index in [1.54, 1.807) is 43.1 Å². The smallest absolute Gasteiger partial charge is 0.270 e. The molecule has 0 saturated carbocycles. The third-order valence-electron chi connectivity index (χ3n) is 7.50. The number of methoxy groups -OCH3 is 1. The van der Waals surface area contributed by atoms with Crippen LogP contribution in [0.25, 0.3) is 0 Å². The zero-order valence-corrected chi connectivity index (χ0v) is 20.1. The van der Waals surface area contributed by atoms with Crippen molar-refractivity contribution in [3.8, 4) is 23.3 Å². The predicted octanol–water partition coefficient (Wildman–Crippen LogP) is 2.93. The van der Waals surface area contributed by atoms with Gasteiger partial charge in [0.15, 0.2) is 0 Å². The monoisotopic (exact) mass is 470 g/mol. The number of aromatic nitrogens is 2. The van der Waals surface area contributed by atoms with Gasteiger partial charge in [-0.05, 0) is 65.6 Å². The van der Waals surface area contributed by atoms with E-state index in [-0.39, 0.29) is 22.8 Å². The Bertz CT molecular complexity index is 1380. The number of rotatable bonds is 3. The lowest BCUT2D eigenvalue weighted by Gasteiger charge is -2.42. The zero-order valence-electron chi connectivity index (χ0n) is 20.1. The third-order valence-corrected chi connectivity index (χ3v) is 7.50. The molecule has 0 unspecified atom stereocenters. The molecule has 3 aromatic rings. The van der Waals surface area contributed by atoms with Crippen molar-refractivity contribution >= 4 is 5.95 Å². The minimum absolute atomic E-state index is 0.0179. The van der Waals surface area contributed by atoms with Crippen LogP contribution in [0.15, 0.2) is 53.5 Å². The summed E-state index contributed by atoms with van der Waals surface area (Å²) in [5.74, 6) is 7.67. The molecule has 1 aromatic heterocycles. The van der Waals surface area contributed by atoms with E-state index in [1.807, 2.05) is 12.1 Å². The normalized spacial score (nSPS) is 18.1. The van der Waals surface area contributed by atoms with Crippen molar-refractivity contribution in [2.75, 3.05) is 25.1 Å². The molecule has 2 heterocycles. The lowest BCUT2D eigenvalue weighted by atomic mass is 9.73. The first-order chi connectivity index (χ1) is 16.9. The molecule has 7 nitrogen and oxygen atoms in total. The van der Waals surface area contributed by atoms with Crippen molar-refractivity contribution in [1.82, 2.24) is 9.55 Å². The summed E-state index contributed by atoms with van der Waals surface area (Å²) in [4.78, 5) is 19.7. The lowest BCUT2D eigenvalue weighted by molar-refractivity contribution is 0.186. The van der Waals surface area contributed by atoms with Crippen molar-refractivity contribution in [2.24, 2.45) is 18.2 Å². The Morgan fingerprint density at radius 3 is 2.77 bits per heavy atom. The van der Waals surface area contributed by atoms with Crippen molar-refractivity contribution in [3.05, 3.63) is 81.3 Å². The van der Waals surface area contributed by atoms with Crippen LogP contribution in [0.1, 0.15) is 41.1 Å². The highest BCUT2D eigenvalue weighted by Gasteiger charge is 2.46. The van der Waals surface area contributed by atoms with Crippen LogP contribution in [0.5, 0.6) is 11.5 Å². The van der Waals surface area contributed by atoms with Crippen LogP contribution in [0, 0.1) is 17.3 Å². The molecule has 180 valence electrons. The highest BCUT2D eigenvalue weighted by Crippen LogP contribution is 2.51. The van der Waals surface area contributed by atoms with E-state index in [9.17, 15) is 9.90 Å². The Hall–Kier alpha value is -3.76. The molecule has 2 aromatic carbocycles. The second-order valence-electron chi connectivity index (χ2n) is 9.55. The number of fused-ring (bicyclic) bond motifs is 1. The van der Waals surface area contributed by atoms with Gasteiger partial charge in [-0.25, -0.2) is 4.98 Å². The number of phenols is 1. The van der Waals surface area contributed by atoms with Crippen LogP contribution < -0.4 is 20.9 Å². The van der Waals surface area contributed by atoms with Gasteiger partial charge in [0, 0.05) is 32.6 Å². The number of phenolic OH excluding ortho intramolecular Hbond substituents is 1. The first-order valence-corrected chi connectivity index (χ1v) is 11.9. The maximum absolute atomic E-state index is 13.0. The van der Waals surface area contributed by atoms with Gasteiger partial charge in [-0.15, -0.1) is 0 Å². The fraction of sp³-hybridized carbons (Fsp3) is 0.357. The third kappa shape index (κ3) is 4.26. The maximum atomic E-state index is 13.0. The van der Waals surface area contributed by atoms with Gasteiger partial charge in [-0.2, -0.15) is 0 Å². The highest BCUT2D eigenvalue weighted by atomic mass is 16.5. The van der Waals surface area contributed by atoms with E-state index < -0.39 is 0 Å². The van der Waals surface area contributed by atoms with E-state index in [1.165, 1.54) is 11.1 Å². The van der Waals surface area contributed by atoms with Crippen molar-refractivity contribution in [3.63, 3.8) is 0 Å². The molecule has 1 spiro atoms. The molecular weight excluding hydrogens is 440 g/mol. The Balaban J connectivity index is 1.29. The summed E-state index contributed by atoms with van der Waals surface area (Å²) in [5, 5.41) is 9.59. The van der Waals surface area contributed by atoms with Crippen molar-refractivity contribution < 1.29 is 9.84 Å². The largest absolute Gasteiger partial charge is 0.508 e. The lowest BCUT2D eigenvalue weighted by Crippen LogP contribution is -2.46. The first-order valence-electron chi connectivity index (χ1n) is 11.9. The summed E-state index contributed by atoms with van der Waals surface area (Å²) >= 11 is 0. The second kappa shape index (κ2) is 9.12. The summed E-state index contributed by atoms with van der Waals surface area (Å²) in [7, 11) is 3.43. The quantitative estimate of drug-likeness (QED) is 0.572. The zero-order chi connectivity index (χ0) is 24.6. The minimum atomic E-state index is -0.157. The molecule has 0 radical (unpaired) electrons. The van der Waals surface area contributed by atoms with E-state index in [0.717, 1.165) is 43.7 Å². The van der Waals surface area contributed by atoms with Gasteiger partial charge in [0.1, 0.15) is 17.1 Å². The molecule has 1 aliphatic carbocycles. The molecular formula is C28H30N4O3. The summed E-state index contributed by atoms with van der Waals surface area (Å²) in [6.07, 6.45) is 4.86. The van der Waals surface area contributed by atoms with Gasteiger partial charge in [-0.1, -0.05) is 30.0 Å². The standard InChI is InChI=1S/C28H30N4O3/c1-31-26(34)21(7-3-5-19-6-4-8-22(33)15-19)18-30-27(31)32-13-11-28(12-14-32)17-20-9-10-23(35-2)16-24(20)25(28)29/h4,6,8-10,15-16,18,25,33H,5,11-14,17,29H2,1-2H3/t25-/m1/s1. The predicted molar refractivity (Wildman–Crippen MR) is 136 cm³/mol. The number of nitrogens with zero attached hydrogens (tertiary/aromatic N) is 3. The Kier molecular flexibility index (Phi) is 6.00. The molecule has 3 N–H and O–H groups in total. The number of anilines is 1. The van der Waals surface area contributed by atoms with Crippen LogP contribution >= 0.6 is 0 Å². The van der Waals surface area contributed by atoms with Gasteiger partial charge >= 0.3 is 0 Å². The molecule has 0 amide bonds. The van der Waals surface area contributed by atoms with Crippen LogP contribution in [0.3, 0.4) is 0 Å². The fourth-order valence-corrected chi connectivity index (χ4v) is 5.43. The number of benzene rings is 2. The Labute approximate surface area is 205 Å². The maximum Gasteiger partial charge on any atom is 0.270 e. The summed E-state index contributed by atoms with van der Waals surface area (Å²) in [5.41, 5.74) is 10.4. The van der Waals surface area contributed by atoms with Gasteiger partial charge in [0.25, 0.3) is 5.56 Å². The van der Waals surface area contributed by atoms with Gasteiger partial charge in [-0.3, -0.25) is 9.36 Å². The van der Waals surface area contributed by atoms with Crippen molar-refractivity contribution in [2.45, 2.75) is 31.7 Å². The molecule has 0 bridgehead atoms. The average Bonchev–Trinajstić information content (AvgIpc) is 3.13. The first kappa shape index (κ1) is 23.0. The van der Waals surface area contributed by atoms with E-state index in [2.05, 4.69) is 33.9 Å². The summed E-state index contributed by atoms with van der Waals surface area (Å²) in [6.45, 7) is 1.59. The number of nitrogens with two attached hydrogens (primary N) is 1. The molecule has 2 aliphatic rings. The number of piperidine rings is 1. The number of hydrogen-bond donors (Lipinski definition) is 2.